The third-order valence-corrected chi connectivity index (χ3v) is 6.00. The molecular formula is C22H23Cl2FN6O. The molecule has 2 aromatic carbocycles. The van der Waals surface area contributed by atoms with Crippen molar-refractivity contribution in [3.8, 4) is 6.19 Å². The fourth-order valence-corrected chi connectivity index (χ4v) is 3.88. The third kappa shape index (κ3) is 5.61. The fourth-order valence-electron chi connectivity index (χ4n) is 3.53. The number of benzene rings is 2. The Hall–Kier alpha value is -3.02. The summed E-state index contributed by atoms with van der Waals surface area (Å²) < 4.78 is 13.4. The Morgan fingerprint density at radius 3 is 2.66 bits per heavy atom. The molecule has 1 heterocycles. The normalized spacial score (nSPS) is 16.7. The van der Waals surface area contributed by atoms with Crippen LogP contribution in [-0.2, 0) is 0 Å². The molecule has 3 rings (SSSR count). The standard InChI is InChI=1S/C22H23Cl2FN6O/c1-14(2)19-12-30(22(32)28-16-6-3-5-15(25)11-16)9-10-31(19)21(27-13-26)29-18-8-4-7-17(23)20(18)24/h3-8,11,14,19H,9-10,12H2,1-2H3,(H,27,29)(H,28,32). The quantitative estimate of drug-likeness (QED) is 0.359. The van der Waals surface area contributed by atoms with Crippen molar-refractivity contribution in [3.63, 3.8) is 0 Å². The Labute approximate surface area is 196 Å². The van der Waals surface area contributed by atoms with Crippen LogP contribution in [0.1, 0.15) is 13.8 Å². The van der Waals surface area contributed by atoms with Crippen molar-refractivity contribution in [3.05, 3.63) is 58.3 Å². The van der Waals surface area contributed by atoms with Crippen molar-refractivity contribution >= 4 is 46.6 Å². The van der Waals surface area contributed by atoms with Gasteiger partial charge in [-0.15, -0.1) is 4.99 Å². The number of nitrogens with zero attached hydrogens (tertiary/aromatic N) is 4. The number of amides is 2. The molecule has 32 heavy (non-hydrogen) atoms. The number of urea groups is 1. The lowest BCUT2D eigenvalue weighted by atomic mass is 10.00. The molecule has 7 nitrogen and oxygen atoms in total. The first-order valence-electron chi connectivity index (χ1n) is 10.1. The average molecular weight is 477 g/mol. The number of nitriles is 1. The second-order valence-corrected chi connectivity index (χ2v) is 8.44. The van der Waals surface area contributed by atoms with E-state index in [0.717, 1.165) is 0 Å². The Balaban J connectivity index is 1.77. The van der Waals surface area contributed by atoms with Gasteiger partial charge in [0, 0.05) is 25.3 Å². The summed E-state index contributed by atoms with van der Waals surface area (Å²) in [4.78, 5) is 20.4. The van der Waals surface area contributed by atoms with E-state index in [1.807, 2.05) is 24.9 Å². The van der Waals surface area contributed by atoms with Gasteiger partial charge in [0.05, 0.1) is 21.8 Å². The maximum atomic E-state index is 13.4. The van der Waals surface area contributed by atoms with Crippen molar-refractivity contribution in [1.29, 1.82) is 5.26 Å². The highest BCUT2D eigenvalue weighted by molar-refractivity contribution is 6.44. The van der Waals surface area contributed by atoms with Crippen LogP contribution in [0.25, 0.3) is 0 Å². The lowest BCUT2D eigenvalue weighted by Gasteiger charge is -2.44. The molecule has 0 saturated carbocycles. The minimum atomic E-state index is -0.421. The summed E-state index contributed by atoms with van der Waals surface area (Å²) in [6.07, 6.45) is 1.83. The molecule has 168 valence electrons. The van der Waals surface area contributed by atoms with Crippen LogP contribution < -0.4 is 10.6 Å². The molecule has 2 N–H and O–H groups in total. The summed E-state index contributed by atoms with van der Waals surface area (Å²) in [6, 6.07) is 10.5. The van der Waals surface area contributed by atoms with E-state index >= 15 is 0 Å². The number of anilines is 2. The van der Waals surface area contributed by atoms with Crippen LogP contribution in [0.3, 0.4) is 0 Å². The Morgan fingerprint density at radius 1 is 1.22 bits per heavy atom. The van der Waals surface area contributed by atoms with E-state index in [0.29, 0.717) is 47.0 Å². The SMILES string of the molecule is CC(C)C1CN(C(=O)Nc2cccc(F)c2)CCN1/C(=N/C#N)Nc1cccc(Cl)c1Cl. The third-order valence-electron chi connectivity index (χ3n) is 5.18. The van der Waals surface area contributed by atoms with Crippen LogP contribution in [0, 0.1) is 23.2 Å². The molecule has 0 bridgehead atoms. The van der Waals surface area contributed by atoms with Crippen molar-refractivity contribution < 1.29 is 9.18 Å². The molecule has 1 aliphatic heterocycles. The number of hydrogen-bond acceptors (Lipinski definition) is 3. The minimum Gasteiger partial charge on any atom is -0.335 e. The number of hydrogen-bond donors (Lipinski definition) is 2. The Morgan fingerprint density at radius 2 is 1.97 bits per heavy atom. The van der Waals surface area contributed by atoms with Gasteiger partial charge in [-0.25, -0.2) is 9.18 Å². The number of nitrogens with one attached hydrogen (secondary N) is 2. The number of piperazine rings is 1. The van der Waals surface area contributed by atoms with E-state index < -0.39 is 5.82 Å². The highest BCUT2D eigenvalue weighted by Gasteiger charge is 2.34. The average Bonchev–Trinajstić information content (AvgIpc) is 2.76. The van der Waals surface area contributed by atoms with Crippen molar-refractivity contribution in [2.75, 3.05) is 30.3 Å². The van der Waals surface area contributed by atoms with Crippen LogP contribution in [0.2, 0.25) is 10.0 Å². The molecule has 0 spiro atoms. The number of halogens is 3. The zero-order chi connectivity index (χ0) is 23.3. The van der Waals surface area contributed by atoms with Crippen molar-refractivity contribution in [2.24, 2.45) is 10.9 Å². The zero-order valence-corrected chi connectivity index (χ0v) is 19.2. The highest BCUT2D eigenvalue weighted by Crippen LogP contribution is 2.30. The largest absolute Gasteiger partial charge is 0.335 e. The Kier molecular flexibility index (Phi) is 7.78. The number of aliphatic imine (C=N–C) groups is 1. The summed E-state index contributed by atoms with van der Waals surface area (Å²) in [5.41, 5.74) is 0.921. The summed E-state index contributed by atoms with van der Waals surface area (Å²) in [5.74, 6) is 0.0524. The van der Waals surface area contributed by atoms with Gasteiger partial charge in [-0.05, 0) is 36.2 Å². The molecule has 1 saturated heterocycles. The predicted octanol–water partition coefficient (Wildman–Crippen LogP) is 5.26. The second-order valence-electron chi connectivity index (χ2n) is 7.65. The fraction of sp³-hybridized carbons (Fsp3) is 0.318. The van der Waals surface area contributed by atoms with Gasteiger partial charge in [-0.1, -0.05) is 49.2 Å². The lowest BCUT2D eigenvalue weighted by Crippen LogP contribution is -2.60. The van der Waals surface area contributed by atoms with Crippen molar-refractivity contribution in [1.82, 2.24) is 9.80 Å². The van der Waals surface area contributed by atoms with Gasteiger partial charge in [0.2, 0.25) is 12.2 Å². The number of guanidine groups is 1. The van der Waals surface area contributed by atoms with Crippen molar-refractivity contribution in [2.45, 2.75) is 19.9 Å². The Bertz CT molecular complexity index is 1050. The van der Waals surface area contributed by atoms with Gasteiger partial charge in [0.1, 0.15) is 5.82 Å². The van der Waals surface area contributed by atoms with E-state index in [1.54, 1.807) is 29.2 Å². The summed E-state index contributed by atoms with van der Waals surface area (Å²) in [6.45, 7) is 5.28. The van der Waals surface area contributed by atoms with E-state index in [4.69, 9.17) is 23.2 Å². The molecule has 0 aromatic heterocycles. The first kappa shape index (κ1) is 23.6. The van der Waals surface area contributed by atoms with Crippen LogP contribution in [0.5, 0.6) is 0 Å². The zero-order valence-electron chi connectivity index (χ0n) is 17.6. The second kappa shape index (κ2) is 10.5. The van der Waals surface area contributed by atoms with Gasteiger partial charge in [0.15, 0.2) is 0 Å². The van der Waals surface area contributed by atoms with Crippen LogP contribution in [0.4, 0.5) is 20.6 Å². The summed E-state index contributed by atoms with van der Waals surface area (Å²) in [7, 11) is 0. The molecule has 2 amide bonds. The van der Waals surface area contributed by atoms with E-state index in [-0.39, 0.29) is 18.0 Å². The number of carbonyl (C=O) groups excluding carboxylic acids is 1. The topological polar surface area (TPSA) is 83.8 Å². The van der Waals surface area contributed by atoms with Gasteiger partial charge < -0.3 is 20.4 Å². The predicted molar refractivity (Wildman–Crippen MR) is 125 cm³/mol. The molecule has 0 radical (unpaired) electrons. The first-order chi connectivity index (χ1) is 15.3. The van der Waals surface area contributed by atoms with Crippen LogP contribution in [0.15, 0.2) is 47.5 Å². The highest BCUT2D eigenvalue weighted by atomic mass is 35.5. The monoisotopic (exact) mass is 476 g/mol. The van der Waals surface area contributed by atoms with E-state index in [9.17, 15) is 14.4 Å². The molecule has 1 aliphatic rings. The molecule has 2 aromatic rings. The summed E-state index contributed by atoms with van der Waals surface area (Å²) in [5, 5.41) is 15.8. The maximum absolute atomic E-state index is 13.4. The molecular weight excluding hydrogens is 454 g/mol. The molecule has 1 fully saturated rings. The minimum absolute atomic E-state index is 0.125. The first-order valence-corrected chi connectivity index (χ1v) is 10.8. The van der Waals surface area contributed by atoms with Gasteiger partial charge >= 0.3 is 6.03 Å². The van der Waals surface area contributed by atoms with Gasteiger partial charge in [-0.3, -0.25) is 0 Å². The lowest BCUT2D eigenvalue weighted by molar-refractivity contribution is 0.120. The van der Waals surface area contributed by atoms with Gasteiger partial charge in [-0.2, -0.15) is 5.26 Å². The smallest absolute Gasteiger partial charge is 0.321 e. The number of carbonyl (C=O) groups is 1. The molecule has 0 aliphatic carbocycles. The number of rotatable bonds is 3. The van der Waals surface area contributed by atoms with E-state index in [2.05, 4.69) is 15.6 Å². The molecule has 1 atom stereocenters. The van der Waals surface area contributed by atoms with Crippen LogP contribution in [-0.4, -0.2) is 47.5 Å². The summed E-state index contributed by atoms with van der Waals surface area (Å²) >= 11 is 12.4. The molecule has 10 heteroatoms. The van der Waals surface area contributed by atoms with Gasteiger partial charge in [0.25, 0.3) is 0 Å². The maximum Gasteiger partial charge on any atom is 0.321 e. The van der Waals surface area contributed by atoms with Crippen LogP contribution >= 0.6 is 23.2 Å². The molecule has 1 unspecified atom stereocenters. The van der Waals surface area contributed by atoms with E-state index in [1.165, 1.54) is 18.2 Å².